The molecular weight excluding hydrogens is 351 g/mol. The third-order valence-corrected chi connectivity index (χ3v) is 3.77. The minimum Gasteiger partial charge on any atom is -0.233 e. The second-order valence-corrected chi connectivity index (χ2v) is 5.34. The Kier molecular flexibility index (Phi) is 3.58. The van der Waals surface area contributed by atoms with Crippen LogP contribution in [-0.2, 0) is 0 Å². The summed E-state index contributed by atoms with van der Waals surface area (Å²) in [5.41, 5.74) is 2.20. The molecule has 0 aliphatic carbocycles. The minimum atomic E-state index is -0.338. The van der Waals surface area contributed by atoms with E-state index >= 15 is 0 Å². The molecule has 17 heavy (non-hydrogen) atoms. The molecular formula is C12H9Br2FN2. The van der Waals surface area contributed by atoms with Crippen LogP contribution >= 0.6 is 31.9 Å². The van der Waals surface area contributed by atoms with Gasteiger partial charge >= 0.3 is 0 Å². The van der Waals surface area contributed by atoms with E-state index < -0.39 is 0 Å². The molecule has 1 aromatic carbocycles. The van der Waals surface area contributed by atoms with Crippen LogP contribution in [0.2, 0.25) is 0 Å². The number of halogens is 3. The zero-order chi connectivity index (χ0) is 12.6. The lowest BCUT2D eigenvalue weighted by Gasteiger charge is -2.07. The number of rotatable bonds is 1. The van der Waals surface area contributed by atoms with Crippen LogP contribution in [0.1, 0.15) is 11.3 Å². The van der Waals surface area contributed by atoms with Crippen molar-refractivity contribution in [1.29, 1.82) is 0 Å². The zero-order valence-electron chi connectivity index (χ0n) is 9.26. The highest BCUT2D eigenvalue weighted by Gasteiger charge is 2.11. The topological polar surface area (TPSA) is 25.8 Å². The number of nitrogens with zero attached hydrogens (tertiary/aromatic N) is 2. The first-order valence-electron chi connectivity index (χ1n) is 4.95. The molecule has 0 spiro atoms. The van der Waals surface area contributed by atoms with Crippen LogP contribution in [0.3, 0.4) is 0 Å². The maximum atomic E-state index is 13.8. The fourth-order valence-corrected chi connectivity index (χ4v) is 2.17. The molecule has 0 radical (unpaired) electrons. The van der Waals surface area contributed by atoms with Crippen molar-refractivity contribution in [2.75, 3.05) is 0 Å². The monoisotopic (exact) mass is 358 g/mol. The standard InChI is InChI=1S/C12H9Br2FN2/c1-6-7(2)16-12(17-11(6)14)9-4-3-8(13)5-10(9)15/h3-5H,1-2H3. The minimum absolute atomic E-state index is 0.338. The SMILES string of the molecule is Cc1nc(-c2ccc(Br)cc2F)nc(Br)c1C. The van der Waals surface area contributed by atoms with Gasteiger partial charge in [-0.2, -0.15) is 0 Å². The predicted molar refractivity (Wildman–Crippen MR) is 72.3 cm³/mol. The van der Waals surface area contributed by atoms with Gasteiger partial charge in [0.05, 0.1) is 5.56 Å². The Labute approximate surface area is 116 Å². The van der Waals surface area contributed by atoms with Crippen molar-refractivity contribution >= 4 is 31.9 Å². The van der Waals surface area contributed by atoms with Crippen LogP contribution in [0.5, 0.6) is 0 Å². The Balaban J connectivity index is 2.61. The molecule has 1 aromatic heterocycles. The Morgan fingerprint density at radius 2 is 1.82 bits per heavy atom. The van der Waals surface area contributed by atoms with E-state index in [1.165, 1.54) is 6.07 Å². The summed E-state index contributed by atoms with van der Waals surface area (Å²) in [6.07, 6.45) is 0. The molecule has 88 valence electrons. The van der Waals surface area contributed by atoms with Gasteiger partial charge < -0.3 is 0 Å². The molecule has 5 heteroatoms. The summed E-state index contributed by atoms with van der Waals surface area (Å²) in [6.45, 7) is 3.79. The van der Waals surface area contributed by atoms with Crippen molar-refractivity contribution in [3.63, 3.8) is 0 Å². The average molecular weight is 360 g/mol. The van der Waals surface area contributed by atoms with Gasteiger partial charge in [0.1, 0.15) is 10.4 Å². The molecule has 1 heterocycles. The highest BCUT2D eigenvalue weighted by Crippen LogP contribution is 2.25. The van der Waals surface area contributed by atoms with E-state index in [2.05, 4.69) is 41.8 Å². The lowest BCUT2D eigenvalue weighted by atomic mass is 10.2. The van der Waals surface area contributed by atoms with Gasteiger partial charge in [-0.25, -0.2) is 14.4 Å². The number of hydrogen-bond donors (Lipinski definition) is 0. The number of hydrogen-bond acceptors (Lipinski definition) is 2. The van der Waals surface area contributed by atoms with E-state index in [0.717, 1.165) is 11.3 Å². The van der Waals surface area contributed by atoms with Crippen molar-refractivity contribution in [2.24, 2.45) is 0 Å². The van der Waals surface area contributed by atoms with Crippen LogP contribution < -0.4 is 0 Å². The molecule has 0 unspecified atom stereocenters. The molecule has 0 amide bonds. The first-order chi connectivity index (χ1) is 7.99. The van der Waals surface area contributed by atoms with E-state index in [9.17, 15) is 4.39 Å². The number of aromatic nitrogens is 2. The van der Waals surface area contributed by atoms with Crippen LogP contribution in [0.4, 0.5) is 4.39 Å². The van der Waals surface area contributed by atoms with E-state index in [-0.39, 0.29) is 5.82 Å². The summed E-state index contributed by atoms with van der Waals surface area (Å²) in [5.74, 6) is 0.0551. The maximum Gasteiger partial charge on any atom is 0.163 e. The van der Waals surface area contributed by atoms with E-state index in [4.69, 9.17) is 0 Å². The number of benzene rings is 1. The molecule has 0 fully saturated rings. The summed E-state index contributed by atoms with van der Waals surface area (Å²) in [5, 5.41) is 0. The van der Waals surface area contributed by atoms with E-state index in [1.807, 2.05) is 13.8 Å². The highest BCUT2D eigenvalue weighted by atomic mass is 79.9. The smallest absolute Gasteiger partial charge is 0.163 e. The molecule has 0 N–H and O–H groups in total. The summed E-state index contributed by atoms with van der Waals surface area (Å²) in [7, 11) is 0. The van der Waals surface area contributed by atoms with Gasteiger partial charge in [0.2, 0.25) is 0 Å². The molecule has 0 saturated carbocycles. The van der Waals surface area contributed by atoms with Gasteiger partial charge in [-0.05, 0) is 48.0 Å². The van der Waals surface area contributed by atoms with Crippen LogP contribution in [0.25, 0.3) is 11.4 Å². The summed E-state index contributed by atoms with van der Waals surface area (Å²) >= 11 is 6.57. The molecule has 0 bridgehead atoms. The van der Waals surface area contributed by atoms with Gasteiger partial charge in [0.25, 0.3) is 0 Å². The molecule has 0 saturated heterocycles. The maximum absolute atomic E-state index is 13.8. The molecule has 2 aromatic rings. The van der Waals surface area contributed by atoms with Crippen LogP contribution in [0, 0.1) is 19.7 Å². The summed E-state index contributed by atoms with van der Waals surface area (Å²) in [6, 6.07) is 4.84. The molecule has 0 aliphatic heterocycles. The molecule has 2 nitrogen and oxygen atoms in total. The van der Waals surface area contributed by atoms with Crippen LogP contribution in [0.15, 0.2) is 27.3 Å². The average Bonchev–Trinajstić information content (AvgIpc) is 2.25. The van der Waals surface area contributed by atoms with Crippen molar-refractivity contribution in [1.82, 2.24) is 9.97 Å². The van der Waals surface area contributed by atoms with Crippen molar-refractivity contribution in [3.8, 4) is 11.4 Å². The van der Waals surface area contributed by atoms with Crippen molar-refractivity contribution in [2.45, 2.75) is 13.8 Å². The Morgan fingerprint density at radius 3 is 2.41 bits per heavy atom. The largest absolute Gasteiger partial charge is 0.233 e. The van der Waals surface area contributed by atoms with E-state index in [1.54, 1.807) is 12.1 Å². The summed E-state index contributed by atoms with van der Waals surface area (Å²) < 4.78 is 15.2. The third-order valence-electron chi connectivity index (χ3n) is 2.50. The molecule has 2 rings (SSSR count). The van der Waals surface area contributed by atoms with Gasteiger partial charge in [-0.3, -0.25) is 0 Å². The van der Waals surface area contributed by atoms with Gasteiger partial charge in [-0.15, -0.1) is 0 Å². The van der Waals surface area contributed by atoms with Crippen molar-refractivity contribution < 1.29 is 4.39 Å². The molecule has 0 aliphatic rings. The lowest BCUT2D eigenvalue weighted by molar-refractivity contribution is 0.629. The first kappa shape index (κ1) is 12.6. The van der Waals surface area contributed by atoms with Gasteiger partial charge in [-0.1, -0.05) is 15.9 Å². The fourth-order valence-electron chi connectivity index (χ4n) is 1.39. The predicted octanol–water partition coefficient (Wildman–Crippen LogP) is 4.42. The second-order valence-electron chi connectivity index (χ2n) is 3.67. The van der Waals surface area contributed by atoms with Crippen molar-refractivity contribution in [3.05, 3.63) is 44.3 Å². The Bertz CT molecular complexity index is 562. The fraction of sp³-hybridized carbons (Fsp3) is 0.167. The normalized spacial score (nSPS) is 10.6. The van der Waals surface area contributed by atoms with Gasteiger partial charge in [0, 0.05) is 15.7 Å². The Morgan fingerprint density at radius 1 is 1.12 bits per heavy atom. The molecule has 0 atom stereocenters. The highest BCUT2D eigenvalue weighted by molar-refractivity contribution is 9.10. The lowest BCUT2D eigenvalue weighted by Crippen LogP contribution is -1.98. The third kappa shape index (κ3) is 2.55. The number of aryl methyl sites for hydroxylation is 1. The van der Waals surface area contributed by atoms with E-state index in [0.29, 0.717) is 20.5 Å². The van der Waals surface area contributed by atoms with Gasteiger partial charge in [0.15, 0.2) is 5.82 Å². The quantitative estimate of drug-likeness (QED) is 0.704. The zero-order valence-corrected chi connectivity index (χ0v) is 12.4. The van der Waals surface area contributed by atoms with Crippen LogP contribution in [-0.4, -0.2) is 9.97 Å². The summed E-state index contributed by atoms with van der Waals surface area (Å²) in [4.78, 5) is 8.54. The second kappa shape index (κ2) is 4.82. The first-order valence-corrected chi connectivity index (χ1v) is 6.54. The Hall–Kier alpha value is -0.810.